The van der Waals surface area contributed by atoms with Crippen molar-refractivity contribution in [2.75, 3.05) is 0 Å². The SMILES string of the molecule is O=C(N/N=C/c1ccc(Sc2ccccn2)o1)c1cccc(F)c1. The predicted octanol–water partition coefficient (Wildman–Crippen LogP) is 3.73. The second kappa shape index (κ2) is 7.56. The van der Waals surface area contributed by atoms with Crippen molar-refractivity contribution in [2.24, 2.45) is 5.10 Å². The van der Waals surface area contributed by atoms with E-state index >= 15 is 0 Å². The monoisotopic (exact) mass is 341 g/mol. The number of benzene rings is 1. The lowest BCUT2D eigenvalue weighted by Gasteiger charge is -1.99. The van der Waals surface area contributed by atoms with Crippen LogP contribution in [0.15, 0.2) is 80.4 Å². The molecule has 0 spiro atoms. The van der Waals surface area contributed by atoms with Crippen molar-refractivity contribution >= 4 is 23.9 Å². The molecule has 1 amide bonds. The number of aromatic nitrogens is 1. The zero-order valence-electron chi connectivity index (χ0n) is 12.3. The number of nitrogens with zero attached hydrogens (tertiary/aromatic N) is 2. The van der Waals surface area contributed by atoms with E-state index in [2.05, 4.69) is 15.5 Å². The minimum atomic E-state index is -0.500. The largest absolute Gasteiger partial charge is 0.448 e. The van der Waals surface area contributed by atoms with Gasteiger partial charge in [-0.05, 0) is 54.2 Å². The standard InChI is InChI=1S/C17H12FN3O2S/c18-13-5-3-4-12(10-13)17(22)21-20-11-14-7-8-16(23-14)24-15-6-1-2-9-19-15/h1-11H,(H,21,22)/b20-11+. The maximum Gasteiger partial charge on any atom is 0.271 e. The molecule has 0 aliphatic carbocycles. The zero-order valence-corrected chi connectivity index (χ0v) is 13.2. The maximum absolute atomic E-state index is 13.1. The number of carbonyl (C=O) groups excluding carboxylic acids is 1. The summed E-state index contributed by atoms with van der Waals surface area (Å²) in [6.07, 6.45) is 3.08. The summed E-state index contributed by atoms with van der Waals surface area (Å²) in [4.78, 5) is 16.0. The Morgan fingerprint density at radius 2 is 2.12 bits per heavy atom. The van der Waals surface area contributed by atoms with E-state index in [1.807, 2.05) is 18.2 Å². The van der Waals surface area contributed by atoms with E-state index in [4.69, 9.17) is 4.42 Å². The Kier molecular flexibility index (Phi) is 5.02. The number of halogens is 1. The van der Waals surface area contributed by atoms with Crippen LogP contribution in [0.4, 0.5) is 4.39 Å². The number of hydrazone groups is 1. The van der Waals surface area contributed by atoms with Gasteiger partial charge in [-0.3, -0.25) is 4.79 Å². The van der Waals surface area contributed by atoms with Gasteiger partial charge in [0, 0.05) is 11.8 Å². The van der Waals surface area contributed by atoms with E-state index in [0.29, 0.717) is 10.9 Å². The molecule has 0 bridgehead atoms. The lowest BCUT2D eigenvalue weighted by molar-refractivity contribution is 0.0954. The zero-order chi connectivity index (χ0) is 16.8. The van der Waals surface area contributed by atoms with Gasteiger partial charge in [0.05, 0.1) is 6.21 Å². The van der Waals surface area contributed by atoms with Crippen LogP contribution in [0.2, 0.25) is 0 Å². The van der Waals surface area contributed by atoms with Gasteiger partial charge in [0.2, 0.25) is 0 Å². The van der Waals surface area contributed by atoms with Crippen LogP contribution >= 0.6 is 11.8 Å². The fourth-order valence-corrected chi connectivity index (χ4v) is 2.56. The summed E-state index contributed by atoms with van der Waals surface area (Å²) >= 11 is 1.38. The van der Waals surface area contributed by atoms with Crippen molar-refractivity contribution in [1.82, 2.24) is 10.4 Å². The van der Waals surface area contributed by atoms with E-state index in [-0.39, 0.29) is 5.56 Å². The number of amides is 1. The van der Waals surface area contributed by atoms with E-state index in [9.17, 15) is 9.18 Å². The summed E-state index contributed by atoms with van der Waals surface area (Å²) < 4.78 is 18.6. The van der Waals surface area contributed by atoms with Crippen LogP contribution in [0.25, 0.3) is 0 Å². The van der Waals surface area contributed by atoms with Crippen molar-refractivity contribution in [3.05, 3.63) is 77.9 Å². The summed E-state index contributed by atoms with van der Waals surface area (Å²) in [5.74, 6) is -0.498. The van der Waals surface area contributed by atoms with E-state index in [0.717, 1.165) is 11.1 Å². The predicted molar refractivity (Wildman–Crippen MR) is 88.5 cm³/mol. The molecule has 0 atom stereocenters. The molecule has 7 heteroatoms. The first-order valence-electron chi connectivity index (χ1n) is 6.98. The molecular weight excluding hydrogens is 329 g/mol. The van der Waals surface area contributed by atoms with Gasteiger partial charge in [-0.2, -0.15) is 5.10 Å². The first kappa shape index (κ1) is 15.9. The van der Waals surface area contributed by atoms with Crippen LogP contribution < -0.4 is 5.43 Å². The highest BCUT2D eigenvalue weighted by atomic mass is 32.2. The number of pyridine rings is 1. The van der Waals surface area contributed by atoms with Gasteiger partial charge in [-0.15, -0.1) is 0 Å². The maximum atomic E-state index is 13.1. The quantitative estimate of drug-likeness (QED) is 0.567. The third kappa shape index (κ3) is 4.30. The lowest BCUT2D eigenvalue weighted by atomic mass is 10.2. The molecular formula is C17H12FN3O2S. The molecule has 3 aromatic rings. The number of rotatable bonds is 5. The van der Waals surface area contributed by atoms with Crippen molar-refractivity contribution < 1.29 is 13.6 Å². The summed E-state index contributed by atoms with van der Waals surface area (Å²) in [6.45, 7) is 0. The van der Waals surface area contributed by atoms with Crippen LogP contribution in [0, 0.1) is 5.82 Å². The average Bonchev–Trinajstić information content (AvgIpc) is 3.03. The number of carbonyl (C=O) groups is 1. The van der Waals surface area contributed by atoms with Crippen molar-refractivity contribution in [2.45, 2.75) is 10.1 Å². The number of nitrogens with one attached hydrogen (secondary N) is 1. The van der Waals surface area contributed by atoms with E-state index < -0.39 is 11.7 Å². The van der Waals surface area contributed by atoms with E-state index in [1.165, 1.54) is 36.2 Å². The molecule has 0 aliphatic rings. The van der Waals surface area contributed by atoms with Crippen molar-refractivity contribution in [3.63, 3.8) is 0 Å². The Morgan fingerprint density at radius 1 is 1.21 bits per heavy atom. The van der Waals surface area contributed by atoms with Crippen LogP contribution in [0.1, 0.15) is 16.1 Å². The first-order chi connectivity index (χ1) is 11.7. The molecule has 0 aliphatic heterocycles. The smallest absolute Gasteiger partial charge is 0.271 e. The Bertz CT molecular complexity index is 865. The highest BCUT2D eigenvalue weighted by Gasteiger charge is 2.06. The molecule has 0 saturated heterocycles. The molecule has 5 nitrogen and oxygen atoms in total. The Balaban J connectivity index is 1.58. The van der Waals surface area contributed by atoms with Crippen LogP contribution in [0.5, 0.6) is 0 Å². The molecule has 120 valence electrons. The topological polar surface area (TPSA) is 67.5 Å². The fourth-order valence-electron chi connectivity index (χ4n) is 1.82. The fraction of sp³-hybridized carbons (Fsp3) is 0. The van der Waals surface area contributed by atoms with Crippen molar-refractivity contribution in [3.8, 4) is 0 Å². The normalized spacial score (nSPS) is 10.9. The molecule has 0 fully saturated rings. The molecule has 3 rings (SSSR count). The third-order valence-electron chi connectivity index (χ3n) is 2.89. The second-order valence-corrected chi connectivity index (χ2v) is 5.66. The summed E-state index contributed by atoms with van der Waals surface area (Å²) in [7, 11) is 0. The van der Waals surface area contributed by atoms with Gasteiger partial charge in [-0.1, -0.05) is 12.1 Å². The van der Waals surface area contributed by atoms with Gasteiger partial charge in [-0.25, -0.2) is 14.8 Å². The highest BCUT2D eigenvalue weighted by molar-refractivity contribution is 7.99. The van der Waals surface area contributed by atoms with Crippen molar-refractivity contribution in [1.29, 1.82) is 0 Å². The van der Waals surface area contributed by atoms with Crippen LogP contribution in [-0.4, -0.2) is 17.1 Å². The summed E-state index contributed by atoms with van der Waals surface area (Å²) in [6, 6.07) is 14.5. The van der Waals surface area contributed by atoms with Gasteiger partial charge < -0.3 is 4.42 Å². The molecule has 0 saturated carbocycles. The molecule has 0 radical (unpaired) electrons. The molecule has 0 unspecified atom stereocenters. The van der Waals surface area contributed by atoms with Crippen LogP contribution in [-0.2, 0) is 0 Å². The Morgan fingerprint density at radius 3 is 2.92 bits per heavy atom. The lowest BCUT2D eigenvalue weighted by Crippen LogP contribution is -2.17. The first-order valence-corrected chi connectivity index (χ1v) is 7.80. The average molecular weight is 341 g/mol. The van der Waals surface area contributed by atoms with Gasteiger partial charge in [0.15, 0.2) is 5.09 Å². The molecule has 24 heavy (non-hydrogen) atoms. The number of furan rings is 1. The second-order valence-electron chi connectivity index (χ2n) is 4.64. The summed E-state index contributed by atoms with van der Waals surface area (Å²) in [5.41, 5.74) is 2.51. The molecule has 1 aromatic carbocycles. The minimum absolute atomic E-state index is 0.193. The van der Waals surface area contributed by atoms with Gasteiger partial charge in [0.25, 0.3) is 5.91 Å². The molecule has 2 aromatic heterocycles. The molecule has 2 heterocycles. The number of hydrogen-bond donors (Lipinski definition) is 1. The van der Waals surface area contributed by atoms with E-state index in [1.54, 1.807) is 18.3 Å². The van der Waals surface area contributed by atoms with Gasteiger partial charge >= 0.3 is 0 Å². The van der Waals surface area contributed by atoms with Crippen LogP contribution in [0.3, 0.4) is 0 Å². The third-order valence-corrected chi connectivity index (χ3v) is 3.76. The Hall–Kier alpha value is -2.93. The van der Waals surface area contributed by atoms with Gasteiger partial charge in [0.1, 0.15) is 16.6 Å². The Labute approximate surface area is 141 Å². The summed E-state index contributed by atoms with van der Waals surface area (Å²) in [5, 5.41) is 5.28. The minimum Gasteiger partial charge on any atom is -0.448 e. The number of hydrogen-bond acceptors (Lipinski definition) is 5. The molecule has 1 N–H and O–H groups in total. The highest BCUT2D eigenvalue weighted by Crippen LogP contribution is 2.26.